The average molecular weight is 239 g/mol. The molecule has 0 bridgehead atoms. The quantitative estimate of drug-likeness (QED) is 0.400. The largest absolute Gasteiger partial charge is 0.411 e. The molecule has 8 heteroatoms. The highest BCUT2D eigenvalue weighted by molar-refractivity contribution is 6.30. The Balaban J connectivity index is 3.62. The van der Waals surface area contributed by atoms with Crippen LogP contribution in [0.4, 0.5) is 11.5 Å². The van der Waals surface area contributed by atoms with Gasteiger partial charge in [0.1, 0.15) is 5.82 Å². The van der Waals surface area contributed by atoms with Gasteiger partial charge in [-0.3, -0.25) is 13.9 Å². The summed E-state index contributed by atoms with van der Waals surface area (Å²) in [5, 5.41) is 11.1. The molecule has 1 rings (SSSR count). The molecule has 0 aliphatic carbocycles. The number of hydrogen-bond acceptors (Lipinski definition) is 6. The number of oxime groups is 1. The van der Waals surface area contributed by atoms with E-state index in [1.54, 1.807) is 0 Å². The minimum absolute atomic E-state index is 0.0382. The second-order valence-electron chi connectivity index (χ2n) is 3.44. The van der Waals surface area contributed by atoms with Crippen molar-refractivity contribution in [3.05, 3.63) is 20.8 Å². The normalized spacial score (nSPS) is 12.3. The van der Waals surface area contributed by atoms with E-state index in [1.165, 1.54) is 21.0 Å². The number of aromatic nitrogens is 2. The standard InChI is InChI=1S/C9H13N5O3/c1-5(4-11-17)12-6-7(10)13(2)9(16)14(3)8(6)15/h4,17H,10H2,1-3H3. The molecule has 0 saturated carbocycles. The predicted molar refractivity (Wildman–Crippen MR) is 64.4 cm³/mol. The van der Waals surface area contributed by atoms with Crippen molar-refractivity contribution in [1.29, 1.82) is 0 Å². The predicted octanol–water partition coefficient (Wildman–Crippen LogP) is -0.781. The van der Waals surface area contributed by atoms with Crippen molar-refractivity contribution < 1.29 is 5.21 Å². The Morgan fingerprint density at radius 3 is 2.47 bits per heavy atom. The molecule has 0 amide bonds. The highest BCUT2D eigenvalue weighted by atomic mass is 16.4. The van der Waals surface area contributed by atoms with E-state index in [2.05, 4.69) is 10.1 Å². The third kappa shape index (κ3) is 2.25. The Morgan fingerprint density at radius 1 is 1.35 bits per heavy atom. The summed E-state index contributed by atoms with van der Waals surface area (Å²) >= 11 is 0. The summed E-state index contributed by atoms with van der Waals surface area (Å²) < 4.78 is 2.02. The lowest BCUT2D eigenvalue weighted by molar-refractivity contribution is 0.322. The van der Waals surface area contributed by atoms with Crippen LogP contribution in [0.3, 0.4) is 0 Å². The number of hydrogen-bond donors (Lipinski definition) is 2. The molecule has 0 unspecified atom stereocenters. The van der Waals surface area contributed by atoms with Gasteiger partial charge in [-0.2, -0.15) is 0 Å². The van der Waals surface area contributed by atoms with Gasteiger partial charge >= 0.3 is 5.69 Å². The summed E-state index contributed by atoms with van der Waals surface area (Å²) in [5.74, 6) is -0.0382. The number of nitrogen functional groups attached to an aromatic ring is 1. The molecule has 1 aromatic heterocycles. The zero-order valence-corrected chi connectivity index (χ0v) is 9.71. The van der Waals surface area contributed by atoms with Crippen molar-refractivity contribution in [1.82, 2.24) is 9.13 Å². The lowest BCUT2D eigenvalue weighted by Crippen LogP contribution is -2.38. The highest BCUT2D eigenvalue weighted by Gasteiger charge is 2.12. The van der Waals surface area contributed by atoms with Crippen LogP contribution in [0.25, 0.3) is 0 Å². The van der Waals surface area contributed by atoms with Crippen LogP contribution in [0, 0.1) is 0 Å². The first-order chi connectivity index (χ1) is 7.90. The molecular formula is C9H13N5O3. The van der Waals surface area contributed by atoms with Gasteiger partial charge in [0, 0.05) is 14.1 Å². The maximum atomic E-state index is 11.8. The molecule has 92 valence electrons. The minimum Gasteiger partial charge on any atom is -0.411 e. The molecule has 1 aromatic rings. The van der Waals surface area contributed by atoms with E-state index in [1.807, 2.05) is 0 Å². The van der Waals surface area contributed by atoms with Crippen molar-refractivity contribution in [2.75, 3.05) is 5.73 Å². The average Bonchev–Trinajstić information content (AvgIpc) is 2.30. The molecule has 3 N–H and O–H groups in total. The van der Waals surface area contributed by atoms with Crippen LogP contribution in [0.15, 0.2) is 19.7 Å². The number of rotatable bonds is 2. The molecule has 0 spiro atoms. The Morgan fingerprint density at radius 2 is 1.94 bits per heavy atom. The van der Waals surface area contributed by atoms with Crippen molar-refractivity contribution in [2.45, 2.75) is 6.92 Å². The fourth-order valence-corrected chi connectivity index (χ4v) is 1.24. The summed E-state index contributed by atoms with van der Waals surface area (Å²) in [4.78, 5) is 27.2. The van der Waals surface area contributed by atoms with E-state index in [0.29, 0.717) is 0 Å². The van der Waals surface area contributed by atoms with Gasteiger partial charge in [0.2, 0.25) is 0 Å². The fraction of sp³-hybridized carbons (Fsp3) is 0.333. The minimum atomic E-state index is -0.601. The lowest BCUT2D eigenvalue weighted by atomic mass is 10.4. The van der Waals surface area contributed by atoms with Crippen LogP contribution in [0.1, 0.15) is 6.92 Å². The highest BCUT2D eigenvalue weighted by Crippen LogP contribution is 2.13. The first-order valence-electron chi connectivity index (χ1n) is 4.68. The summed E-state index contributed by atoms with van der Waals surface area (Å²) in [6, 6.07) is 0. The first kappa shape index (κ1) is 12.7. The van der Waals surface area contributed by atoms with Gasteiger partial charge in [0.05, 0.1) is 11.9 Å². The molecule has 0 atom stereocenters. The van der Waals surface area contributed by atoms with E-state index >= 15 is 0 Å². The van der Waals surface area contributed by atoms with E-state index in [9.17, 15) is 9.59 Å². The maximum Gasteiger partial charge on any atom is 0.332 e. The Hall–Kier alpha value is -2.38. The molecule has 0 aliphatic heterocycles. The summed E-state index contributed by atoms with van der Waals surface area (Å²) in [6.45, 7) is 1.53. The zero-order valence-electron chi connectivity index (χ0n) is 9.71. The monoisotopic (exact) mass is 239 g/mol. The number of anilines is 1. The molecule has 1 heterocycles. The Labute approximate surface area is 96.3 Å². The molecule has 0 radical (unpaired) electrons. The van der Waals surface area contributed by atoms with Crippen molar-refractivity contribution in [2.24, 2.45) is 24.2 Å². The summed E-state index contributed by atoms with van der Waals surface area (Å²) in [5.41, 5.74) is 4.73. The van der Waals surface area contributed by atoms with Gasteiger partial charge in [0.25, 0.3) is 5.56 Å². The van der Waals surface area contributed by atoms with Gasteiger partial charge in [-0.1, -0.05) is 5.16 Å². The SMILES string of the molecule is CC(C=NO)=Nc1c(N)n(C)c(=O)n(C)c1=O. The van der Waals surface area contributed by atoms with Gasteiger partial charge in [-0.15, -0.1) is 0 Å². The third-order valence-corrected chi connectivity index (χ3v) is 2.22. The summed E-state index contributed by atoms with van der Waals surface area (Å²) in [6.07, 6.45) is 1.06. The van der Waals surface area contributed by atoms with E-state index < -0.39 is 11.2 Å². The Kier molecular flexibility index (Phi) is 3.46. The topological polar surface area (TPSA) is 115 Å². The molecule has 0 aliphatic rings. The molecule has 8 nitrogen and oxygen atoms in total. The smallest absolute Gasteiger partial charge is 0.332 e. The van der Waals surface area contributed by atoms with Crippen molar-refractivity contribution in [3.8, 4) is 0 Å². The molecule has 0 aromatic carbocycles. The van der Waals surface area contributed by atoms with E-state index in [-0.39, 0.29) is 17.2 Å². The molecular weight excluding hydrogens is 226 g/mol. The number of nitrogens with two attached hydrogens (primary N) is 1. The van der Waals surface area contributed by atoms with Crippen LogP contribution in [-0.2, 0) is 14.1 Å². The lowest BCUT2D eigenvalue weighted by Gasteiger charge is -2.08. The van der Waals surface area contributed by atoms with Crippen LogP contribution in [-0.4, -0.2) is 26.3 Å². The summed E-state index contributed by atoms with van der Waals surface area (Å²) in [7, 11) is 2.77. The van der Waals surface area contributed by atoms with Crippen LogP contribution in [0.5, 0.6) is 0 Å². The van der Waals surface area contributed by atoms with Crippen LogP contribution in [0.2, 0.25) is 0 Å². The van der Waals surface area contributed by atoms with Gasteiger partial charge in [0.15, 0.2) is 5.69 Å². The maximum absolute atomic E-state index is 11.8. The zero-order chi connectivity index (χ0) is 13.2. The third-order valence-electron chi connectivity index (χ3n) is 2.22. The number of nitrogens with zero attached hydrogens (tertiary/aromatic N) is 4. The van der Waals surface area contributed by atoms with E-state index in [4.69, 9.17) is 10.9 Å². The van der Waals surface area contributed by atoms with Gasteiger partial charge in [-0.25, -0.2) is 9.79 Å². The second-order valence-corrected chi connectivity index (χ2v) is 3.44. The van der Waals surface area contributed by atoms with Crippen LogP contribution >= 0.6 is 0 Å². The second kappa shape index (κ2) is 4.64. The molecule has 0 saturated heterocycles. The number of aliphatic imine (C=N–C) groups is 1. The first-order valence-corrected chi connectivity index (χ1v) is 4.68. The van der Waals surface area contributed by atoms with Gasteiger partial charge < -0.3 is 10.9 Å². The Bertz CT molecular complexity index is 608. The van der Waals surface area contributed by atoms with Crippen molar-refractivity contribution >= 4 is 23.4 Å². The van der Waals surface area contributed by atoms with Gasteiger partial charge in [-0.05, 0) is 6.92 Å². The van der Waals surface area contributed by atoms with E-state index in [0.717, 1.165) is 15.3 Å². The van der Waals surface area contributed by atoms with Crippen molar-refractivity contribution in [3.63, 3.8) is 0 Å². The molecule has 0 fully saturated rings. The molecule has 17 heavy (non-hydrogen) atoms. The fourth-order valence-electron chi connectivity index (χ4n) is 1.24. The van der Waals surface area contributed by atoms with Crippen LogP contribution < -0.4 is 17.0 Å².